The number of piperidine rings is 1. The second kappa shape index (κ2) is 23.1. The number of fused-ring (bicyclic) bond motifs is 6. The van der Waals surface area contributed by atoms with E-state index in [2.05, 4.69) is 53.5 Å². The summed E-state index contributed by atoms with van der Waals surface area (Å²) in [5.41, 5.74) is 1.31. The molecule has 8 heterocycles. The number of carbonyl (C=O) groups excluding carboxylic acids is 5. The Balaban J connectivity index is 0.621. The largest absolute Gasteiger partial charge is 0.508 e. The summed E-state index contributed by atoms with van der Waals surface area (Å²) in [5, 5.41) is 23.4. The molecule has 5 N–H and O–H groups in total. The van der Waals surface area contributed by atoms with E-state index in [-0.39, 0.29) is 108 Å². The third-order valence-electron chi connectivity index (χ3n) is 15.7. The molecule has 0 spiro atoms. The fourth-order valence-electron chi connectivity index (χ4n) is 12.0. The van der Waals surface area contributed by atoms with E-state index in [1.165, 1.54) is 36.5 Å². The van der Waals surface area contributed by atoms with Crippen LogP contribution in [0.3, 0.4) is 0 Å². The lowest BCUT2D eigenvalue weighted by Crippen LogP contribution is -2.54. The zero-order chi connectivity index (χ0) is 55.7. The smallest absolute Gasteiger partial charge is 0.407 e. The standard InChI is InChI=1S/C57H60F2N10O11/c1-3-39-44(58)9-4-33-22-38(70)24-42(47(33)39)49-48(59)50-43(26-62-49)51(67-28-35-5-6-36(29-67)63-35)66-55(65-50)80-31-57-13-12-37(68(57)27-32(2)25-57)30-79-56(75)61-15-17-77-19-21-78-20-18-76-16-14-60-34-7-8-40-41(23-34)54(74)69(53(40)73)45-10-11-46(71)64-52(45)72/h1,4,7-9,22-24,26,35-37,45,60,63,70H,2,5-6,10-21,25,27-31H2,(H,61,75)(H,64,71,72)/t35?,36?,37-,45?,57?/m0/s1. The molecule has 80 heavy (non-hydrogen) atoms. The number of imide groups is 2. The molecule has 11 rings (SSSR count). The minimum absolute atomic E-state index is 0.0274. The van der Waals surface area contributed by atoms with E-state index >= 15 is 8.78 Å². The van der Waals surface area contributed by atoms with Crippen LogP contribution in [0.25, 0.3) is 32.9 Å². The number of hydrogen-bond donors (Lipinski definition) is 5. The second-order valence-electron chi connectivity index (χ2n) is 21.0. The molecule has 3 aromatic carbocycles. The predicted molar refractivity (Wildman–Crippen MR) is 287 cm³/mol. The van der Waals surface area contributed by atoms with E-state index in [1.807, 2.05) is 0 Å². The van der Waals surface area contributed by atoms with Crippen LogP contribution in [0.15, 0.2) is 60.8 Å². The topological polar surface area (TPSA) is 248 Å². The highest BCUT2D eigenvalue weighted by Gasteiger charge is 2.52. The molecule has 5 aromatic rings. The van der Waals surface area contributed by atoms with Crippen LogP contribution < -0.4 is 30.9 Å². The summed E-state index contributed by atoms with van der Waals surface area (Å²) in [4.78, 5) is 82.2. The zero-order valence-corrected chi connectivity index (χ0v) is 43.8. The summed E-state index contributed by atoms with van der Waals surface area (Å²) in [7, 11) is 0. The van der Waals surface area contributed by atoms with Crippen molar-refractivity contribution in [2.24, 2.45) is 0 Å². The number of pyridine rings is 1. The van der Waals surface area contributed by atoms with Gasteiger partial charge in [-0.05, 0) is 80.3 Å². The number of rotatable bonds is 21. The third kappa shape index (κ3) is 10.9. The number of piperazine rings is 1. The number of anilines is 2. The minimum atomic E-state index is -1.03. The Morgan fingerprint density at radius 1 is 0.900 bits per heavy atom. The molecule has 2 aromatic heterocycles. The van der Waals surface area contributed by atoms with Gasteiger partial charge in [0, 0.05) is 80.1 Å². The first-order chi connectivity index (χ1) is 38.8. The number of nitrogens with zero attached hydrogens (tertiary/aromatic N) is 6. The van der Waals surface area contributed by atoms with Gasteiger partial charge >= 0.3 is 12.1 Å². The van der Waals surface area contributed by atoms with Crippen molar-refractivity contribution in [3.8, 4) is 35.4 Å². The van der Waals surface area contributed by atoms with Crippen LogP contribution in [0, 0.1) is 24.0 Å². The van der Waals surface area contributed by atoms with Gasteiger partial charge in [0.1, 0.15) is 47.9 Å². The molecule has 6 aliphatic rings. The predicted octanol–water partition coefficient (Wildman–Crippen LogP) is 4.58. The van der Waals surface area contributed by atoms with Crippen molar-refractivity contribution in [3.63, 3.8) is 0 Å². The van der Waals surface area contributed by atoms with Gasteiger partial charge in [0.05, 0.1) is 67.3 Å². The summed E-state index contributed by atoms with van der Waals surface area (Å²) in [6.07, 6.45) is 10.9. The van der Waals surface area contributed by atoms with Gasteiger partial charge in [0.15, 0.2) is 5.82 Å². The normalized spacial score (nSPS) is 22.5. The monoisotopic (exact) mass is 1100 g/mol. The quantitative estimate of drug-likeness (QED) is 0.0292. The number of benzene rings is 3. The molecular formula is C57H60F2N10O11. The van der Waals surface area contributed by atoms with Crippen LogP contribution >= 0.6 is 0 Å². The number of aromatic nitrogens is 3. The Labute approximate surface area is 458 Å². The third-order valence-corrected chi connectivity index (χ3v) is 15.7. The van der Waals surface area contributed by atoms with Crippen LogP contribution in [-0.2, 0) is 28.5 Å². The Hall–Kier alpha value is -7.88. The van der Waals surface area contributed by atoms with Crippen LogP contribution in [0.5, 0.6) is 11.8 Å². The molecule has 6 aliphatic heterocycles. The number of aromatic hydroxyl groups is 1. The Morgan fingerprint density at radius 2 is 1.65 bits per heavy atom. The van der Waals surface area contributed by atoms with E-state index in [0.717, 1.165) is 29.7 Å². The number of terminal acetylenes is 1. The van der Waals surface area contributed by atoms with E-state index in [0.29, 0.717) is 94.3 Å². The van der Waals surface area contributed by atoms with Crippen LogP contribution in [0.1, 0.15) is 71.2 Å². The molecule has 2 bridgehead atoms. The van der Waals surface area contributed by atoms with Crippen LogP contribution in [-0.4, -0.2) is 175 Å². The lowest BCUT2D eigenvalue weighted by Gasteiger charge is -2.35. The van der Waals surface area contributed by atoms with Crippen LogP contribution in [0.2, 0.25) is 0 Å². The van der Waals surface area contributed by atoms with Crippen molar-refractivity contribution < 1.29 is 61.5 Å². The first-order valence-electron chi connectivity index (χ1n) is 26.9. The first-order valence-corrected chi connectivity index (χ1v) is 26.9. The fraction of sp³-hybridized carbons (Fsp3) is 0.439. The van der Waals surface area contributed by atoms with Gasteiger partial charge in [-0.25, -0.2) is 13.6 Å². The summed E-state index contributed by atoms with van der Waals surface area (Å²) in [5.74, 6) is -1.01. The van der Waals surface area contributed by atoms with Gasteiger partial charge in [-0.1, -0.05) is 24.1 Å². The van der Waals surface area contributed by atoms with Crippen molar-refractivity contribution in [3.05, 3.63) is 89.1 Å². The molecule has 4 unspecified atom stereocenters. The number of ether oxygens (including phenoxy) is 5. The Bertz CT molecular complexity index is 3350. The van der Waals surface area contributed by atoms with Crippen molar-refractivity contribution in [1.29, 1.82) is 0 Å². The summed E-state index contributed by atoms with van der Waals surface area (Å²) >= 11 is 0. The zero-order valence-electron chi connectivity index (χ0n) is 43.8. The Morgan fingerprint density at radius 3 is 2.41 bits per heavy atom. The molecule has 0 saturated carbocycles. The molecule has 5 amide bonds. The molecule has 418 valence electrons. The van der Waals surface area contributed by atoms with E-state index in [4.69, 9.17) is 35.1 Å². The number of alkyl carbamates (subject to hydrolysis) is 1. The number of carbonyl (C=O) groups is 5. The van der Waals surface area contributed by atoms with E-state index in [9.17, 15) is 29.1 Å². The van der Waals surface area contributed by atoms with Gasteiger partial charge in [-0.3, -0.25) is 39.3 Å². The van der Waals surface area contributed by atoms with Crippen molar-refractivity contribution >= 4 is 62.9 Å². The molecule has 23 heteroatoms. The lowest BCUT2D eigenvalue weighted by molar-refractivity contribution is -0.136. The molecule has 5 fully saturated rings. The molecule has 21 nitrogen and oxygen atoms in total. The highest BCUT2D eigenvalue weighted by molar-refractivity contribution is 6.23. The van der Waals surface area contributed by atoms with Gasteiger partial charge in [-0.2, -0.15) is 9.97 Å². The Kier molecular flexibility index (Phi) is 15.6. The molecule has 0 radical (unpaired) electrons. The van der Waals surface area contributed by atoms with Crippen LogP contribution in [0.4, 0.5) is 25.1 Å². The van der Waals surface area contributed by atoms with E-state index in [1.54, 1.807) is 12.1 Å². The maximum absolute atomic E-state index is 17.2. The van der Waals surface area contributed by atoms with Gasteiger partial charge in [-0.15, -0.1) is 6.42 Å². The van der Waals surface area contributed by atoms with Gasteiger partial charge in [0.2, 0.25) is 11.8 Å². The maximum atomic E-state index is 17.2. The minimum Gasteiger partial charge on any atom is -0.508 e. The number of amides is 5. The number of phenolic OH excluding ortho intramolecular Hbond substituents is 1. The van der Waals surface area contributed by atoms with Crippen molar-refractivity contribution in [2.75, 3.05) is 95.8 Å². The maximum Gasteiger partial charge on any atom is 0.407 e. The number of hydrogen-bond acceptors (Lipinski definition) is 18. The van der Waals surface area contributed by atoms with Crippen molar-refractivity contribution in [2.45, 2.75) is 74.7 Å². The first kappa shape index (κ1) is 54.1. The van der Waals surface area contributed by atoms with Gasteiger partial charge in [0.25, 0.3) is 11.8 Å². The highest BCUT2D eigenvalue weighted by atomic mass is 19.1. The molecule has 5 saturated heterocycles. The number of nitrogens with one attached hydrogen (secondary N) is 4. The van der Waals surface area contributed by atoms with E-state index < -0.39 is 52.9 Å². The molecular weight excluding hydrogens is 1040 g/mol. The molecule has 0 aliphatic carbocycles. The SMILES string of the molecule is C#Cc1c(F)ccc2cc(O)cc(-c3ncc4c(N5CC6CCC(C5)N6)nc(OCC56CC[C@@H](COC(=O)NCCOCCOCCOCCNc7ccc8c(c7)C(=O)N(C7CCC(=O)NC7=O)C8=O)N5CC(=C)C6)nc4c3F)c12. The summed E-state index contributed by atoms with van der Waals surface area (Å²) in [6, 6.07) is 9.50. The summed E-state index contributed by atoms with van der Waals surface area (Å²) < 4.78 is 61.3. The van der Waals surface area contributed by atoms with Crippen molar-refractivity contribution in [1.82, 2.24) is 40.7 Å². The highest BCUT2D eigenvalue weighted by Crippen LogP contribution is 2.45. The average molecular weight is 1100 g/mol. The van der Waals surface area contributed by atoms with Gasteiger partial charge < -0.3 is 49.6 Å². The average Bonchev–Trinajstić information content (AvgIpc) is 4.30. The number of halogens is 2. The summed E-state index contributed by atoms with van der Waals surface area (Å²) in [6.45, 7) is 8.93. The fourth-order valence-corrected chi connectivity index (χ4v) is 12.0. The second-order valence-corrected chi connectivity index (χ2v) is 21.0. The lowest BCUT2D eigenvalue weighted by atomic mass is 9.94. The number of phenols is 1. The molecule has 5 atom stereocenters.